The number of likely N-dealkylation sites (tertiary alicyclic amines) is 1. The van der Waals surface area contributed by atoms with Crippen LogP contribution in [0.4, 0.5) is 0 Å². The first-order valence-corrected chi connectivity index (χ1v) is 6.98. The maximum Gasteiger partial charge on any atom is 0.309 e. The molecule has 20 heavy (non-hydrogen) atoms. The van der Waals surface area contributed by atoms with Crippen LogP contribution in [0.5, 0.6) is 0 Å². The lowest BCUT2D eigenvalue weighted by Gasteiger charge is -2.29. The van der Waals surface area contributed by atoms with Crippen LogP contribution in [0.25, 0.3) is 0 Å². The minimum Gasteiger partial charge on any atom is -0.466 e. The summed E-state index contributed by atoms with van der Waals surface area (Å²) < 4.78 is 5.04. The average Bonchev–Trinajstić information content (AvgIpc) is 2.67. The summed E-state index contributed by atoms with van der Waals surface area (Å²) in [5, 5.41) is 0. The topological polar surface area (TPSA) is 62.2 Å². The number of piperidine rings is 1. The number of hydrogen-bond donors (Lipinski definition) is 0. The van der Waals surface area contributed by atoms with Crippen LogP contribution < -0.4 is 0 Å². The van der Waals surface area contributed by atoms with Crippen molar-refractivity contribution in [1.29, 1.82) is 0 Å². The van der Waals surface area contributed by atoms with Gasteiger partial charge < -0.3 is 9.64 Å². The van der Waals surface area contributed by atoms with Gasteiger partial charge in [0.25, 0.3) is 5.91 Å². The zero-order valence-corrected chi connectivity index (χ0v) is 12.3. The first kappa shape index (κ1) is 14.6. The molecule has 1 fully saturated rings. The molecule has 0 aromatic rings. The third-order valence-electron chi connectivity index (χ3n) is 3.75. The number of carbonyl (C=O) groups is 2. The van der Waals surface area contributed by atoms with Gasteiger partial charge in [0.15, 0.2) is 0 Å². The normalized spacial score (nSPS) is 22.4. The van der Waals surface area contributed by atoms with Crippen molar-refractivity contribution in [3.8, 4) is 0 Å². The Labute approximate surface area is 119 Å². The predicted octanol–water partition coefficient (Wildman–Crippen LogP) is 0.993. The molecule has 2 aliphatic rings. The van der Waals surface area contributed by atoms with E-state index in [1.54, 1.807) is 13.2 Å². The Morgan fingerprint density at radius 1 is 1.45 bits per heavy atom. The zero-order chi connectivity index (χ0) is 14.7. The number of amides is 1. The highest BCUT2D eigenvalue weighted by Gasteiger charge is 2.28. The maximum absolute atomic E-state index is 11.9. The smallest absolute Gasteiger partial charge is 0.309 e. The van der Waals surface area contributed by atoms with Gasteiger partial charge in [0, 0.05) is 26.3 Å². The Morgan fingerprint density at radius 3 is 2.60 bits per heavy atom. The predicted molar refractivity (Wildman–Crippen MR) is 74.9 cm³/mol. The highest BCUT2D eigenvalue weighted by Crippen LogP contribution is 2.21. The van der Waals surface area contributed by atoms with Crippen LogP contribution in [0, 0.1) is 5.92 Å². The van der Waals surface area contributed by atoms with E-state index in [0.29, 0.717) is 18.1 Å². The third kappa shape index (κ3) is 3.00. The molecule has 0 aliphatic carbocycles. The minimum absolute atomic E-state index is 0.0169. The molecule has 0 aromatic carbocycles. The maximum atomic E-state index is 11.9. The molecule has 0 bridgehead atoms. The number of hydrogen-bond acceptors (Lipinski definition) is 5. The molecule has 2 rings (SSSR count). The number of ether oxygens (including phenoxy) is 1. The van der Waals surface area contributed by atoms with Crippen LogP contribution in [-0.4, -0.2) is 54.3 Å². The van der Waals surface area contributed by atoms with Crippen molar-refractivity contribution in [2.45, 2.75) is 26.7 Å². The molecule has 0 radical (unpaired) electrons. The van der Waals surface area contributed by atoms with Gasteiger partial charge in [-0.2, -0.15) is 0 Å². The van der Waals surface area contributed by atoms with Crippen molar-refractivity contribution in [3.05, 3.63) is 11.9 Å². The fourth-order valence-electron chi connectivity index (χ4n) is 2.40. The van der Waals surface area contributed by atoms with Gasteiger partial charge in [-0.25, -0.2) is 4.99 Å². The number of nitrogens with zero attached hydrogens (tertiary/aromatic N) is 3. The zero-order valence-electron chi connectivity index (χ0n) is 12.3. The van der Waals surface area contributed by atoms with E-state index in [1.807, 2.05) is 13.8 Å². The molecule has 1 amide bonds. The van der Waals surface area contributed by atoms with E-state index < -0.39 is 0 Å². The van der Waals surface area contributed by atoms with Crippen LogP contribution in [-0.2, 0) is 14.3 Å². The molecule has 6 heteroatoms. The van der Waals surface area contributed by atoms with Crippen molar-refractivity contribution >= 4 is 17.7 Å². The van der Waals surface area contributed by atoms with E-state index in [9.17, 15) is 9.59 Å². The van der Waals surface area contributed by atoms with E-state index in [1.165, 1.54) is 4.90 Å². The third-order valence-corrected chi connectivity index (χ3v) is 3.75. The second kappa shape index (κ2) is 6.07. The van der Waals surface area contributed by atoms with Gasteiger partial charge in [-0.15, -0.1) is 0 Å². The molecule has 2 heterocycles. The summed E-state index contributed by atoms with van der Waals surface area (Å²) in [7, 11) is 1.72. The van der Waals surface area contributed by atoms with E-state index in [-0.39, 0.29) is 17.8 Å². The van der Waals surface area contributed by atoms with Crippen molar-refractivity contribution < 1.29 is 14.3 Å². The van der Waals surface area contributed by atoms with Crippen molar-refractivity contribution in [3.63, 3.8) is 0 Å². The Morgan fingerprint density at radius 2 is 2.10 bits per heavy atom. The molecule has 0 aromatic heterocycles. The second-order valence-corrected chi connectivity index (χ2v) is 5.10. The highest BCUT2D eigenvalue weighted by atomic mass is 16.5. The number of rotatable bonds is 3. The van der Waals surface area contributed by atoms with Gasteiger partial charge in [0.05, 0.1) is 12.5 Å². The summed E-state index contributed by atoms with van der Waals surface area (Å²) in [6.45, 7) is 5.56. The van der Waals surface area contributed by atoms with Crippen molar-refractivity contribution in [2.24, 2.45) is 10.9 Å². The summed E-state index contributed by atoms with van der Waals surface area (Å²) in [6.07, 6.45) is 3.32. The molecule has 0 unspecified atom stereocenters. The van der Waals surface area contributed by atoms with E-state index in [4.69, 9.17) is 4.74 Å². The standard InChI is InChI=1S/C14H21N3O3/c1-4-20-14(19)11-5-7-17(8-6-11)9-12-13(18)16(3)10(2)15-12/h9,11H,4-8H2,1-3H3/b12-9-. The average molecular weight is 279 g/mol. The van der Waals surface area contributed by atoms with Crippen LogP contribution in [0.1, 0.15) is 26.7 Å². The number of esters is 1. The first-order valence-electron chi connectivity index (χ1n) is 6.98. The molecule has 0 spiro atoms. The number of carbonyl (C=O) groups excluding carboxylic acids is 2. The summed E-state index contributed by atoms with van der Waals surface area (Å²) >= 11 is 0. The highest BCUT2D eigenvalue weighted by molar-refractivity contribution is 6.11. The van der Waals surface area contributed by atoms with Crippen LogP contribution in [0.15, 0.2) is 16.9 Å². The lowest BCUT2D eigenvalue weighted by molar-refractivity contribution is -0.149. The molecule has 0 atom stereocenters. The minimum atomic E-state index is -0.106. The molecular weight excluding hydrogens is 258 g/mol. The molecule has 110 valence electrons. The Hall–Kier alpha value is -1.85. The van der Waals surface area contributed by atoms with E-state index in [2.05, 4.69) is 9.89 Å². The second-order valence-electron chi connectivity index (χ2n) is 5.10. The number of aliphatic imine (C=N–C) groups is 1. The van der Waals surface area contributed by atoms with Gasteiger partial charge >= 0.3 is 5.97 Å². The van der Waals surface area contributed by atoms with Gasteiger partial charge in [0.1, 0.15) is 11.5 Å². The Bertz CT molecular complexity index is 462. The molecule has 0 N–H and O–H groups in total. The lowest BCUT2D eigenvalue weighted by atomic mass is 9.97. The summed E-state index contributed by atoms with van der Waals surface area (Å²) in [5.41, 5.74) is 0.472. The monoisotopic (exact) mass is 279 g/mol. The van der Waals surface area contributed by atoms with Crippen molar-refractivity contribution in [2.75, 3.05) is 26.7 Å². The number of amidine groups is 1. The fraction of sp³-hybridized carbons (Fsp3) is 0.643. The fourth-order valence-corrected chi connectivity index (χ4v) is 2.40. The first-order chi connectivity index (χ1) is 9.52. The number of likely N-dealkylation sites (N-methyl/N-ethyl adjacent to an activating group) is 1. The van der Waals surface area contributed by atoms with Crippen LogP contribution >= 0.6 is 0 Å². The molecular formula is C14H21N3O3. The quantitative estimate of drug-likeness (QED) is 0.571. The summed E-state index contributed by atoms with van der Waals surface area (Å²) in [4.78, 5) is 31.4. The van der Waals surface area contributed by atoms with E-state index >= 15 is 0 Å². The Balaban J connectivity index is 1.92. The SMILES string of the molecule is CCOC(=O)C1CCN(/C=C2\N=C(C)N(C)C2=O)CC1. The van der Waals surface area contributed by atoms with E-state index in [0.717, 1.165) is 25.9 Å². The largest absolute Gasteiger partial charge is 0.466 e. The molecule has 0 saturated carbocycles. The lowest BCUT2D eigenvalue weighted by Crippen LogP contribution is -2.34. The summed E-state index contributed by atoms with van der Waals surface area (Å²) in [5.74, 6) is 0.514. The van der Waals surface area contributed by atoms with Gasteiger partial charge in [0.2, 0.25) is 0 Å². The Kier molecular flexibility index (Phi) is 4.42. The van der Waals surface area contributed by atoms with Gasteiger partial charge in [-0.05, 0) is 26.7 Å². The van der Waals surface area contributed by atoms with Gasteiger partial charge in [-0.1, -0.05) is 0 Å². The summed E-state index contributed by atoms with van der Waals surface area (Å²) in [6, 6.07) is 0. The van der Waals surface area contributed by atoms with Gasteiger partial charge in [-0.3, -0.25) is 14.5 Å². The van der Waals surface area contributed by atoms with Crippen molar-refractivity contribution in [1.82, 2.24) is 9.80 Å². The molecule has 1 saturated heterocycles. The van der Waals surface area contributed by atoms with Crippen LogP contribution in [0.3, 0.4) is 0 Å². The molecule has 6 nitrogen and oxygen atoms in total. The molecule has 2 aliphatic heterocycles. The van der Waals surface area contributed by atoms with Crippen LogP contribution in [0.2, 0.25) is 0 Å².